The number of anilines is 1. The van der Waals surface area contributed by atoms with Crippen molar-refractivity contribution in [2.45, 2.75) is 25.7 Å². The van der Waals surface area contributed by atoms with Crippen LogP contribution in [0.4, 0.5) is 5.69 Å². The van der Waals surface area contributed by atoms with Gasteiger partial charge in [-0.1, -0.05) is 12.1 Å². The molecule has 1 amide bonds. The first kappa shape index (κ1) is 10.3. The summed E-state index contributed by atoms with van der Waals surface area (Å²) in [7, 11) is 0. The van der Waals surface area contributed by atoms with Crippen molar-refractivity contribution in [3.05, 3.63) is 28.8 Å². The van der Waals surface area contributed by atoms with Gasteiger partial charge in [-0.05, 0) is 37.0 Å². The number of nitrogens with one attached hydrogen (secondary N) is 1. The van der Waals surface area contributed by atoms with Crippen LogP contribution in [0.25, 0.3) is 0 Å². The number of hydrogen-bond acceptors (Lipinski definition) is 2. The van der Waals surface area contributed by atoms with Crippen LogP contribution in [0.1, 0.15) is 23.1 Å². The third kappa shape index (κ3) is 1.07. The van der Waals surface area contributed by atoms with Gasteiger partial charge < -0.3 is 10.4 Å². The van der Waals surface area contributed by atoms with Gasteiger partial charge in [0.2, 0.25) is 5.91 Å². The van der Waals surface area contributed by atoms with Gasteiger partial charge in [0.15, 0.2) is 0 Å². The monoisotopic (exact) mass is 231 g/mol. The van der Waals surface area contributed by atoms with Crippen LogP contribution >= 0.6 is 0 Å². The summed E-state index contributed by atoms with van der Waals surface area (Å²) in [6.45, 7) is 3.85. The Hall–Kier alpha value is -1.84. The predicted molar refractivity (Wildman–Crippen MR) is 62.0 cm³/mol. The highest BCUT2D eigenvalue weighted by molar-refractivity contribution is 6.13. The quantitative estimate of drug-likeness (QED) is 0.771. The number of carboxylic acid groups (broad SMARTS) is 1. The first-order valence-corrected chi connectivity index (χ1v) is 5.63. The molecule has 2 unspecified atom stereocenters. The highest BCUT2D eigenvalue weighted by Gasteiger charge is 2.68. The van der Waals surface area contributed by atoms with Crippen molar-refractivity contribution in [2.75, 3.05) is 5.32 Å². The fourth-order valence-corrected chi connectivity index (χ4v) is 2.97. The van der Waals surface area contributed by atoms with Gasteiger partial charge in [0.25, 0.3) is 0 Å². The summed E-state index contributed by atoms with van der Waals surface area (Å²) >= 11 is 0. The Balaban J connectivity index is 2.22. The number of carbonyl (C=O) groups is 2. The van der Waals surface area contributed by atoms with E-state index in [0.717, 1.165) is 22.4 Å². The average Bonchev–Trinajstić information content (AvgIpc) is 2.92. The third-order valence-corrected chi connectivity index (χ3v) is 3.97. The molecule has 0 aromatic heterocycles. The van der Waals surface area contributed by atoms with E-state index >= 15 is 0 Å². The van der Waals surface area contributed by atoms with Crippen LogP contribution in [0.5, 0.6) is 0 Å². The number of aryl methyl sites for hydroxylation is 2. The van der Waals surface area contributed by atoms with Crippen LogP contribution in [0.2, 0.25) is 0 Å². The number of amides is 1. The highest BCUT2D eigenvalue weighted by atomic mass is 16.4. The van der Waals surface area contributed by atoms with Gasteiger partial charge in [0.05, 0.1) is 11.3 Å². The molecule has 1 aromatic rings. The molecule has 2 atom stereocenters. The zero-order chi connectivity index (χ0) is 12.4. The van der Waals surface area contributed by atoms with Crippen LogP contribution in [0, 0.1) is 19.8 Å². The lowest BCUT2D eigenvalue weighted by molar-refractivity contribution is -0.140. The molecule has 3 rings (SSSR count). The Morgan fingerprint density at radius 2 is 2.06 bits per heavy atom. The van der Waals surface area contributed by atoms with E-state index in [4.69, 9.17) is 5.11 Å². The molecule has 1 aromatic carbocycles. The Morgan fingerprint density at radius 1 is 1.41 bits per heavy atom. The lowest BCUT2D eigenvalue weighted by Crippen LogP contribution is -2.24. The topological polar surface area (TPSA) is 66.4 Å². The molecule has 0 bridgehead atoms. The predicted octanol–water partition coefficient (Wildman–Crippen LogP) is 1.60. The van der Waals surface area contributed by atoms with E-state index in [-0.39, 0.29) is 5.91 Å². The van der Waals surface area contributed by atoms with E-state index in [2.05, 4.69) is 5.32 Å². The number of benzene rings is 1. The number of rotatable bonds is 1. The summed E-state index contributed by atoms with van der Waals surface area (Å²) in [6.07, 6.45) is 0.422. The number of carboxylic acids is 1. The second kappa shape index (κ2) is 2.88. The van der Waals surface area contributed by atoms with Crippen molar-refractivity contribution >= 4 is 17.6 Å². The molecule has 4 heteroatoms. The molecule has 1 spiro atoms. The molecule has 1 fully saturated rings. The van der Waals surface area contributed by atoms with E-state index in [1.54, 1.807) is 0 Å². The van der Waals surface area contributed by atoms with E-state index in [1.807, 2.05) is 26.0 Å². The molecule has 1 heterocycles. The van der Waals surface area contributed by atoms with Gasteiger partial charge in [-0.25, -0.2) is 0 Å². The maximum absolute atomic E-state index is 12.1. The zero-order valence-corrected chi connectivity index (χ0v) is 9.70. The standard InChI is InChI=1S/C13H13NO3/c1-6-3-4-7(2)10-9(6)13(12(17)14-10)5-8(13)11(15)16/h3-4,8H,5H2,1-2H3,(H,14,17)(H,15,16). The van der Waals surface area contributed by atoms with E-state index in [0.29, 0.717) is 6.42 Å². The van der Waals surface area contributed by atoms with Crippen LogP contribution in [0.3, 0.4) is 0 Å². The molecule has 0 radical (unpaired) electrons. The molecule has 0 saturated heterocycles. The Labute approximate surface area is 98.6 Å². The minimum atomic E-state index is -0.881. The summed E-state index contributed by atoms with van der Waals surface area (Å²) in [4.78, 5) is 23.2. The second-order valence-electron chi connectivity index (χ2n) is 4.97. The number of hydrogen-bond donors (Lipinski definition) is 2. The maximum atomic E-state index is 12.1. The molecular weight excluding hydrogens is 218 g/mol. The van der Waals surface area contributed by atoms with Crippen molar-refractivity contribution in [2.24, 2.45) is 5.92 Å². The van der Waals surface area contributed by atoms with Gasteiger partial charge in [0, 0.05) is 5.69 Å². The zero-order valence-electron chi connectivity index (χ0n) is 9.70. The molecule has 2 aliphatic rings. The van der Waals surface area contributed by atoms with E-state index in [9.17, 15) is 9.59 Å². The fraction of sp³-hybridized carbons (Fsp3) is 0.385. The average molecular weight is 231 g/mol. The summed E-state index contributed by atoms with van der Waals surface area (Å²) in [5.74, 6) is -1.60. The van der Waals surface area contributed by atoms with Gasteiger partial charge in [-0.3, -0.25) is 9.59 Å². The summed E-state index contributed by atoms with van der Waals surface area (Å²) in [5.41, 5.74) is 2.91. The summed E-state index contributed by atoms with van der Waals surface area (Å²) in [6, 6.07) is 3.90. The van der Waals surface area contributed by atoms with Crippen LogP contribution < -0.4 is 5.32 Å². The molecule has 1 aliphatic carbocycles. The number of carbonyl (C=O) groups excluding carboxylic acids is 1. The summed E-state index contributed by atoms with van der Waals surface area (Å²) < 4.78 is 0. The molecule has 17 heavy (non-hydrogen) atoms. The van der Waals surface area contributed by atoms with E-state index < -0.39 is 17.3 Å². The molecule has 2 N–H and O–H groups in total. The van der Waals surface area contributed by atoms with Crippen molar-refractivity contribution in [3.63, 3.8) is 0 Å². The van der Waals surface area contributed by atoms with Gasteiger partial charge in [-0.15, -0.1) is 0 Å². The lowest BCUT2D eigenvalue weighted by Gasteiger charge is -2.10. The number of fused-ring (bicyclic) bond motifs is 2. The fourth-order valence-electron chi connectivity index (χ4n) is 2.97. The SMILES string of the molecule is Cc1ccc(C)c2c1NC(=O)C21CC1C(=O)O. The van der Waals surface area contributed by atoms with Crippen LogP contribution in [0.15, 0.2) is 12.1 Å². The Morgan fingerprint density at radius 3 is 2.65 bits per heavy atom. The largest absolute Gasteiger partial charge is 0.481 e. The first-order chi connectivity index (χ1) is 7.98. The molecule has 1 aliphatic heterocycles. The van der Waals surface area contributed by atoms with Gasteiger partial charge >= 0.3 is 5.97 Å². The van der Waals surface area contributed by atoms with Gasteiger partial charge in [-0.2, -0.15) is 0 Å². The molecule has 88 valence electrons. The minimum absolute atomic E-state index is 0.155. The van der Waals surface area contributed by atoms with Crippen LogP contribution in [-0.4, -0.2) is 17.0 Å². The molecular formula is C13H13NO3. The van der Waals surface area contributed by atoms with Crippen molar-refractivity contribution in [1.29, 1.82) is 0 Å². The summed E-state index contributed by atoms with van der Waals surface area (Å²) in [5, 5.41) is 11.9. The maximum Gasteiger partial charge on any atom is 0.307 e. The Bertz CT molecular complexity index is 564. The first-order valence-electron chi connectivity index (χ1n) is 5.63. The van der Waals surface area contributed by atoms with Gasteiger partial charge in [0.1, 0.15) is 0 Å². The van der Waals surface area contributed by atoms with Crippen molar-refractivity contribution in [1.82, 2.24) is 0 Å². The molecule has 1 saturated carbocycles. The van der Waals surface area contributed by atoms with Crippen molar-refractivity contribution < 1.29 is 14.7 Å². The van der Waals surface area contributed by atoms with Crippen molar-refractivity contribution in [3.8, 4) is 0 Å². The third-order valence-electron chi connectivity index (χ3n) is 3.97. The molecule has 4 nitrogen and oxygen atoms in total. The minimum Gasteiger partial charge on any atom is -0.481 e. The number of aliphatic carboxylic acids is 1. The Kier molecular flexibility index (Phi) is 1.75. The smallest absolute Gasteiger partial charge is 0.307 e. The van der Waals surface area contributed by atoms with Crippen LogP contribution in [-0.2, 0) is 15.0 Å². The highest BCUT2D eigenvalue weighted by Crippen LogP contribution is 2.61. The lowest BCUT2D eigenvalue weighted by atomic mass is 9.89. The second-order valence-corrected chi connectivity index (χ2v) is 4.97. The normalized spacial score (nSPS) is 29.1. The van der Waals surface area contributed by atoms with E-state index in [1.165, 1.54) is 0 Å².